The summed E-state index contributed by atoms with van der Waals surface area (Å²) in [5, 5.41) is 0.270. The third-order valence-corrected chi connectivity index (χ3v) is 5.41. The number of benzene rings is 2. The highest BCUT2D eigenvalue weighted by Crippen LogP contribution is 2.37. The average molecular weight is 431 g/mol. The molecule has 0 saturated carbocycles. The number of halogens is 4. The predicted octanol–water partition coefficient (Wildman–Crippen LogP) is 4.83. The van der Waals surface area contributed by atoms with Crippen LogP contribution in [0, 0.1) is 0 Å². The molecule has 2 aromatic carbocycles. The molecule has 0 fully saturated rings. The number of ether oxygens (including phenoxy) is 1. The van der Waals surface area contributed by atoms with Gasteiger partial charge in [-0.15, -0.1) is 0 Å². The number of nitrogens with zero attached hydrogens (tertiary/aromatic N) is 1. The summed E-state index contributed by atoms with van der Waals surface area (Å²) in [6.07, 6.45) is -2.81. The Labute approximate surface area is 164 Å². The van der Waals surface area contributed by atoms with Gasteiger partial charge in [0.1, 0.15) is 11.6 Å². The summed E-state index contributed by atoms with van der Waals surface area (Å²) >= 11 is 6.16. The SMILES string of the molecule is COc1ccc(-c2cc(S(C)(=O)=O)ccc2-c2nc(C(F)(F)F)c[nH]2)cc1Cl. The van der Waals surface area contributed by atoms with Crippen LogP contribution in [0.2, 0.25) is 5.02 Å². The maximum atomic E-state index is 12.9. The molecule has 10 heteroatoms. The van der Waals surface area contributed by atoms with Gasteiger partial charge in [-0.2, -0.15) is 13.2 Å². The average Bonchev–Trinajstić information content (AvgIpc) is 3.10. The second-order valence-corrected chi connectivity index (χ2v) is 8.38. The van der Waals surface area contributed by atoms with Crippen LogP contribution in [-0.2, 0) is 16.0 Å². The van der Waals surface area contributed by atoms with Gasteiger partial charge in [0.25, 0.3) is 0 Å². The molecule has 0 spiro atoms. The summed E-state index contributed by atoms with van der Waals surface area (Å²) in [4.78, 5) is 6.11. The van der Waals surface area contributed by atoms with Gasteiger partial charge in [0.15, 0.2) is 15.5 Å². The van der Waals surface area contributed by atoms with Crippen molar-refractivity contribution in [2.75, 3.05) is 13.4 Å². The molecule has 0 saturated heterocycles. The number of aromatic nitrogens is 2. The molecule has 0 radical (unpaired) electrons. The minimum Gasteiger partial charge on any atom is -0.495 e. The Morgan fingerprint density at radius 2 is 1.82 bits per heavy atom. The number of hydrogen-bond acceptors (Lipinski definition) is 4. The van der Waals surface area contributed by atoms with Crippen molar-refractivity contribution in [1.82, 2.24) is 9.97 Å². The monoisotopic (exact) mass is 430 g/mol. The highest BCUT2D eigenvalue weighted by Gasteiger charge is 2.34. The zero-order valence-electron chi connectivity index (χ0n) is 14.6. The number of hydrogen-bond donors (Lipinski definition) is 1. The number of rotatable bonds is 4. The Kier molecular flexibility index (Phi) is 5.16. The molecular weight excluding hydrogens is 417 g/mol. The second-order valence-electron chi connectivity index (χ2n) is 5.96. The number of alkyl halides is 3. The molecule has 1 aromatic heterocycles. The molecule has 0 aliphatic heterocycles. The first-order chi connectivity index (χ1) is 13.0. The molecule has 0 bridgehead atoms. The van der Waals surface area contributed by atoms with Crippen molar-refractivity contribution in [2.24, 2.45) is 0 Å². The molecule has 3 aromatic rings. The maximum Gasteiger partial charge on any atom is 0.434 e. The number of sulfone groups is 1. The van der Waals surface area contributed by atoms with Crippen LogP contribution in [-0.4, -0.2) is 31.8 Å². The Morgan fingerprint density at radius 3 is 2.36 bits per heavy atom. The first kappa shape index (κ1) is 20.2. The summed E-state index contributed by atoms with van der Waals surface area (Å²) in [6.45, 7) is 0. The summed E-state index contributed by atoms with van der Waals surface area (Å²) in [7, 11) is -2.10. The van der Waals surface area contributed by atoms with Gasteiger partial charge in [-0.3, -0.25) is 0 Å². The van der Waals surface area contributed by atoms with E-state index in [1.54, 1.807) is 18.2 Å². The van der Waals surface area contributed by atoms with Crippen LogP contribution < -0.4 is 4.74 Å². The lowest BCUT2D eigenvalue weighted by Gasteiger charge is -2.12. The summed E-state index contributed by atoms with van der Waals surface area (Å²) < 4.78 is 67.7. The van der Waals surface area contributed by atoms with Gasteiger partial charge >= 0.3 is 6.18 Å². The minimum atomic E-state index is -4.61. The molecule has 5 nitrogen and oxygen atoms in total. The number of imidazole rings is 1. The van der Waals surface area contributed by atoms with Gasteiger partial charge in [-0.1, -0.05) is 17.7 Å². The molecule has 3 rings (SSSR count). The fourth-order valence-electron chi connectivity index (χ4n) is 2.64. The Hall–Kier alpha value is -2.52. The van der Waals surface area contributed by atoms with Crippen LogP contribution in [0.15, 0.2) is 47.5 Å². The van der Waals surface area contributed by atoms with Crippen molar-refractivity contribution in [3.8, 4) is 28.3 Å². The maximum absolute atomic E-state index is 12.9. The Morgan fingerprint density at radius 1 is 1.11 bits per heavy atom. The van der Waals surface area contributed by atoms with Crippen molar-refractivity contribution in [1.29, 1.82) is 0 Å². The summed E-state index contributed by atoms with van der Waals surface area (Å²) in [5.74, 6) is 0.359. The van der Waals surface area contributed by atoms with E-state index in [0.717, 1.165) is 12.5 Å². The van der Waals surface area contributed by atoms with Crippen LogP contribution in [0.3, 0.4) is 0 Å². The van der Waals surface area contributed by atoms with Gasteiger partial charge in [-0.25, -0.2) is 13.4 Å². The van der Waals surface area contributed by atoms with Crippen molar-refractivity contribution in [2.45, 2.75) is 11.1 Å². The summed E-state index contributed by atoms with van der Waals surface area (Å²) in [5.41, 5.74) is 0.0735. The highest BCUT2D eigenvalue weighted by molar-refractivity contribution is 7.90. The van der Waals surface area contributed by atoms with Gasteiger partial charge in [0, 0.05) is 18.0 Å². The molecule has 0 atom stereocenters. The molecule has 28 heavy (non-hydrogen) atoms. The Bertz CT molecular complexity index is 1140. The van der Waals surface area contributed by atoms with E-state index < -0.39 is 21.7 Å². The molecule has 0 aliphatic rings. The predicted molar refractivity (Wildman–Crippen MR) is 99.1 cm³/mol. The molecule has 1 N–H and O–H groups in total. The fourth-order valence-corrected chi connectivity index (χ4v) is 3.54. The van der Waals surface area contributed by atoms with Crippen molar-refractivity contribution in [3.63, 3.8) is 0 Å². The van der Waals surface area contributed by atoms with E-state index in [4.69, 9.17) is 16.3 Å². The molecule has 1 heterocycles. The minimum absolute atomic E-state index is 0.0146. The van der Waals surface area contributed by atoms with Crippen molar-refractivity contribution in [3.05, 3.63) is 53.3 Å². The van der Waals surface area contributed by atoms with E-state index in [2.05, 4.69) is 9.97 Å². The van der Waals surface area contributed by atoms with Gasteiger partial charge in [-0.05, 0) is 41.5 Å². The summed E-state index contributed by atoms with van der Waals surface area (Å²) in [6, 6.07) is 8.84. The van der Waals surface area contributed by atoms with Crippen molar-refractivity contribution >= 4 is 21.4 Å². The quantitative estimate of drug-likeness (QED) is 0.643. The molecule has 0 aliphatic carbocycles. The molecule has 148 valence electrons. The zero-order valence-corrected chi connectivity index (χ0v) is 16.2. The first-order valence-corrected chi connectivity index (χ1v) is 10.1. The first-order valence-electron chi connectivity index (χ1n) is 7.81. The van der Waals surface area contributed by atoms with Gasteiger partial charge in [0.2, 0.25) is 0 Å². The van der Waals surface area contributed by atoms with Crippen LogP contribution in [0.4, 0.5) is 13.2 Å². The van der Waals surface area contributed by atoms with Crippen LogP contribution in [0.1, 0.15) is 5.69 Å². The fraction of sp³-hybridized carbons (Fsp3) is 0.167. The van der Waals surface area contributed by atoms with Gasteiger partial charge < -0.3 is 9.72 Å². The van der Waals surface area contributed by atoms with Crippen LogP contribution >= 0.6 is 11.6 Å². The van der Waals surface area contributed by atoms with Gasteiger partial charge in [0.05, 0.1) is 17.0 Å². The number of methoxy groups -OCH3 is 1. The topological polar surface area (TPSA) is 72.1 Å². The van der Waals surface area contributed by atoms with E-state index >= 15 is 0 Å². The lowest BCUT2D eigenvalue weighted by atomic mass is 9.99. The third-order valence-electron chi connectivity index (χ3n) is 4.01. The van der Waals surface area contributed by atoms with Crippen LogP contribution in [0.5, 0.6) is 5.75 Å². The number of nitrogens with one attached hydrogen (secondary N) is 1. The molecular formula is C18H14ClF3N2O3S. The van der Waals surface area contributed by atoms with E-state index in [1.807, 2.05) is 0 Å². The van der Waals surface area contributed by atoms with Crippen molar-refractivity contribution < 1.29 is 26.3 Å². The zero-order chi connectivity index (χ0) is 20.7. The standard InChI is InChI=1S/C18H14ClF3N2O3S/c1-27-15-6-3-10(7-14(15)19)13-8-11(28(2,25)26)4-5-12(13)17-23-9-16(24-17)18(20,21)22/h3-9H,1-2H3,(H,23,24). The van der Waals surface area contributed by atoms with E-state index in [1.165, 1.54) is 25.3 Å². The lowest BCUT2D eigenvalue weighted by molar-refractivity contribution is -0.140. The van der Waals surface area contributed by atoms with E-state index in [-0.39, 0.29) is 15.7 Å². The smallest absolute Gasteiger partial charge is 0.434 e. The Balaban J connectivity index is 2.23. The molecule has 0 amide bonds. The second kappa shape index (κ2) is 7.14. The van der Waals surface area contributed by atoms with E-state index in [0.29, 0.717) is 22.4 Å². The number of H-pyrrole nitrogens is 1. The largest absolute Gasteiger partial charge is 0.495 e. The molecule has 0 unspecified atom stereocenters. The normalized spacial score (nSPS) is 12.2. The third kappa shape index (κ3) is 4.00. The van der Waals surface area contributed by atoms with Crippen LogP contribution in [0.25, 0.3) is 22.5 Å². The lowest BCUT2D eigenvalue weighted by Crippen LogP contribution is -2.05. The number of aromatic amines is 1. The van der Waals surface area contributed by atoms with E-state index in [9.17, 15) is 21.6 Å². The highest BCUT2D eigenvalue weighted by atomic mass is 35.5.